The van der Waals surface area contributed by atoms with Crippen LogP contribution in [0.4, 0.5) is 13.2 Å². The fourth-order valence-corrected chi connectivity index (χ4v) is 1.94. The van der Waals surface area contributed by atoms with Gasteiger partial charge in [0.1, 0.15) is 5.76 Å². The van der Waals surface area contributed by atoms with Crippen LogP contribution < -0.4 is 0 Å². The molecular weight excluding hydrogens is 257 g/mol. The molecule has 1 aromatic heterocycles. The third kappa shape index (κ3) is 3.38. The predicted molar refractivity (Wildman–Crippen MR) is 63.4 cm³/mol. The highest BCUT2D eigenvalue weighted by atomic mass is 19.4. The maximum atomic E-state index is 12.8. The van der Waals surface area contributed by atoms with Gasteiger partial charge >= 0.3 is 6.18 Å². The van der Waals surface area contributed by atoms with Crippen molar-refractivity contribution >= 4 is 0 Å². The van der Waals surface area contributed by atoms with E-state index >= 15 is 0 Å². The van der Waals surface area contributed by atoms with Gasteiger partial charge in [-0.15, -0.1) is 0 Å². The average molecular weight is 270 g/mol. The molecule has 0 saturated heterocycles. The van der Waals surface area contributed by atoms with Crippen LogP contribution in [0.15, 0.2) is 47.1 Å². The lowest BCUT2D eigenvalue weighted by Crippen LogP contribution is -2.12. The van der Waals surface area contributed by atoms with E-state index in [1.807, 2.05) is 0 Å². The van der Waals surface area contributed by atoms with Crippen LogP contribution in [0.3, 0.4) is 0 Å². The Morgan fingerprint density at radius 1 is 1.11 bits per heavy atom. The molecule has 0 aliphatic rings. The second-order valence-electron chi connectivity index (χ2n) is 4.22. The van der Waals surface area contributed by atoms with Crippen LogP contribution in [0.1, 0.15) is 29.4 Å². The van der Waals surface area contributed by atoms with Crippen molar-refractivity contribution in [1.82, 2.24) is 0 Å². The summed E-state index contributed by atoms with van der Waals surface area (Å²) in [7, 11) is 0. The van der Waals surface area contributed by atoms with Gasteiger partial charge in [-0.05, 0) is 30.2 Å². The Hall–Kier alpha value is -1.75. The number of rotatable bonds is 4. The molecule has 0 spiro atoms. The molecule has 0 aliphatic carbocycles. The molecule has 102 valence electrons. The van der Waals surface area contributed by atoms with E-state index in [2.05, 4.69) is 0 Å². The first kappa shape index (κ1) is 13.7. The normalized spacial score (nSPS) is 13.5. The summed E-state index contributed by atoms with van der Waals surface area (Å²) in [5.74, 6) is 0.642. The zero-order valence-corrected chi connectivity index (χ0v) is 10.0. The number of alkyl halides is 3. The largest absolute Gasteiger partial charge is 0.469 e. The molecule has 1 unspecified atom stereocenters. The number of furan rings is 1. The maximum Gasteiger partial charge on any atom is 0.416 e. The van der Waals surface area contributed by atoms with Crippen LogP contribution in [0.5, 0.6) is 0 Å². The first-order valence-corrected chi connectivity index (χ1v) is 5.85. The topological polar surface area (TPSA) is 33.4 Å². The van der Waals surface area contributed by atoms with Crippen molar-refractivity contribution in [3.8, 4) is 0 Å². The zero-order chi connectivity index (χ0) is 13.9. The van der Waals surface area contributed by atoms with Crippen molar-refractivity contribution in [2.75, 3.05) is 0 Å². The van der Waals surface area contributed by atoms with E-state index in [0.29, 0.717) is 12.2 Å². The minimum absolute atomic E-state index is 0.0958. The van der Waals surface area contributed by atoms with Crippen molar-refractivity contribution in [2.45, 2.75) is 25.1 Å². The van der Waals surface area contributed by atoms with E-state index in [9.17, 15) is 18.3 Å². The van der Waals surface area contributed by atoms with Gasteiger partial charge in [0, 0.05) is 6.42 Å². The molecule has 0 radical (unpaired) electrons. The van der Waals surface area contributed by atoms with Gasteiger partial charge in [0.15, 0.2) is 0 Å². The summed E-state index contributed by atoms with van der Waals surface area (Å²) in [4.78, 5) is 0. The van der Waals surface area contributed by atoms with E-state index in [4.69, 9.17) is 4.42 Å². The standard InChI is InChI=1S/C14H13F3O2/c15-14(16,17)12-6-2-1-5-11(12)13(18)8-7-10-4-3-9-19-10/h1-6,9,13,18H,7-8H2. The summed E-state index contributed by atoms with van der Waals surface area (Å²) in [5.41, 5.74) is -0.886. The number of aliphatic hydroxyl groups excluding tert-OH is 1. The minimum atomic E-state index is -4.46. The third-order valence-corrected chi connectivity index (χ3v) is 2.87. The highest BCUT2D eigenvalue weighted by Crippen LogP contribution is 2.35. The van der Waals surface area contributed by atoms with Gasteiger partial charge in [0.2, 0.25) is 0 Å². The second kappa shape index (κ2) is 5.48. The van der Waals surface area contributed by atoms with Crippen molar-refractivity contribution < 1.29 is 22.7 Å². The zero-order valence-electron chi connectivity index (χ0n) is 10.0. The number of benzene rings is 1. The fraction of sp³-hybridized carbons (Fsp3) is 0.286. The molecule has 0 saturated carbocycles. The van der Waals surface area contributed by atoms with Crippen molar-refractivity contribution in [3.63, 3.8) is 0 Å². The summed E-state index contributed by atoms with van der Waals surface area (Å²) in [5, 5.41) is 9.92. The number of hydrogen-bond acceptors (Lipinski definition) is 2. The molecule has 1 N–H and O–H groups in total. The second-order valence-corrected chi connectivity index (χ2v) is 4.22. The molecule has 0 bridgehead atoms. The van der Waals surface area contributed by atoms with Gasteiger partial charge in [-0.2, -0.15) is 13.2 Å². The van der Waals surface area contributed by atoms with Crippen molar-refractivity contribution in [3.05, 3.63) is 59.5 Å². The highest BCUT2D eigenvalue weighted by Gasteiger charge is 2.34. The number of aliphatic hydroxyl groups is 1. The van der Waals surface area contributed by atoms with E-state index in [0.717, 1.165) is 6.07 Å². The molecule has 0 amide bonds. The van der Waals surface area contributed by atoms with Gasteiger partial charge in [-0.25, -0.2) is 0 Å². The van der Waals surface area contributed by atoms with Gasteiger partial charge in [0.25, 0.3) is 0 Å². The van der Waals surface area contributed by atoms with E-state index in [1.165, 1.54) is 24.5 Å². The Bertz CT molecular complexity index is 518. The van der Waals surface area contributed by atoms with Crippen LogP contribution >= 0.6 is 0 Å². The molecule has 1 atom stereocenters. The Labute approximate surface area is 108 Å². The lowest BCUT2D eigenvalue weighted by molar-refractivity contribution is -0.139. The van der Waals surface area contributed by atoms with E-state index in [-0.39, 0.29) is 12.0 Å². The fourth-order valence-electron chi connectivity index (χ4n) is 1.94. The Kier molecular flexibility index (Phi) is 3.95. The molecule has 0 aliphatic heterocycles. The molecular formula is C14H13F3O2. The van der Waals surface area contributed by atoms with Crippen LogP contribution in [0.2, 0.25) is 0 Å². The molecule has 1 aromatic carbocycles. The smallest absolute Gasteiger partial charge is 0.416 e. The SMILES string of the molecule is OC(CCc1ccco1)c1ccccc1C(F)(F)F. The lowest BCUT2D eigenvalue weighted by atomic mass is 9.98. The molecule has 2 rings (SSSR count). The van der Waals surface area contributed by atoms with Crippen LogP contribution in [-0.4, -0.2) is 5.11 Å². The average Bonchev–Trinajstić information content (AvgIpc) is 2.88. The number of halogens is 3. The molecule has 2 nitrogen and oxygen atoms in total. The van der Waals surface area contributed by atoms with Crippen LogP contribution in [0.25, 0.3) is 0 Å². The summed E-state index contributed by atoms with van der Waals surface area (Å²) in [6.45, 7) is 0. The van der Waals surface area contributed by atoms with Crippen molar-refractivity contribution in [2.24, 2.45) is 0 Å². The van der Waals surface area contributed by atoms with Gasteiger partial charge in [0.05, 0.1) is 17.9 Å². The molecule has 19 heavy (non-hydrogen) atoms. The quantitative estimate of drug-likeness (QED) is 0.912. The first-order chi connectivity index (χ1) is 8.98. The molecule has 2 aromatic rings. The van der Waals surface area contributed by atoms with Crippen LogP contribution in [-0.2, 0) is 12.6 Å². The van der Waals surface area contributed by atoms with E-state index < -0.39 is 17.8 Å². The summed E-state index contributed by atoms with van der Waals surface area (Å²) < 4.78 is 43.5. The van der Waals surface area contributed by atoms with Gasteiger partial charge < -0.3 is 9.52 Å². The molecule has 0 fully saturated rings. The number of aryl methyl sites for hydroxylation is 1. The highest BCUT2D eigenvalue weighted by molar-refractivity contribution is 5.31. The van der Waals surface area contributed by atoms with Crippen LogP contribution in [0, 0.1) is 0 Å². The first-order valence-electron chi connectivity index (χ1n) is 5.85. The van der Waals surface area contributed by atoms with Gasteiger partial charge in [-0.3, -0.25) is 0 Å². The maximum absolute atomic E-state index is 12.8. The Morgan fingerprint density at radius 2 is 1.84 bits per heavy atom. The monoisotopic (exact) mass is 270 g/mol. The summed E-state index contributed by atoms with van der Waals surface area (Å²) in [6, 6.07) is 8.50. The third-order valence-electron chi connectivity index (χ3n) is 2.87. The van der Waals surface area contributed by atoms with E-state index in [1.54, 1.807) is 12.1 Å². The Morgan fingerprint density at radius 3 is 2.47 bits per heavy atom. The lowest BCUT2D eigenvalue weighted by Gasteiger charge is -2.17. The summed E-state index contributed by atoms with van der Waals surface area (Å²) in [6.07, 6.45) is -3.56. The minimum Gasteiger partial charge on any atom is -0.469 e. The predicted octanol–water partition coefficient (Wildman–Crippen LogP) is 3.96. The molecule has 1 heterocycles. The number of hydrogen-bond donors (Lipinski definition) is 1. The summed E-state index contributed by atoms with van der Waals surface area (Å²) >= 11 is 0. The van der Waals surface area contributed by atoms with Crippen molar-refractivity contribution in [1.29, 1.82) is 0 Å². The van der Waals surface area contributed by atoms with Gasteiger partial charge in [-0.1, -0.05) is 18.2 Å². The Balaban J connectivity index is 2.12. The molecule has 5 heteroatoms.